The maximum absolute atomic E-state index is 12.6. The molecule has 0 radical (unpaired) electrons. The number of hydrogen-bond acceptors (Lipinski definition) is 5. The molecule has 6 heteroatoms. The summed E-state index contributed by atoms with van der Waals surface area (Å²) in [7, 11) is 4.76. The first-order chi connectivity index (χ1) is 10.1. The second-order valence-electron chi connectivity index (χ2n) is 5.24. The maximum atomic E-state index is 12.6. The van der Waals surface area contributed by atoms with E-state index in [4.69, 9.17) is 9.47 Å². The monoisotopic (exact) mass is 294 g/mol. The normalized spacial score (nSPS) is 25.4. The minimum Gasteiger partial charge on any atom is -0.480 e. The first-order valence-electron chi connectivity index (χ1n) is 7.07. The SMILES string of the molecule is COc1ncccc1C(=O)N(C)[C@@H]1CCC[C@@H](OC)[C@@H]1O. The Morgan fingerprint density at radius 2 is 2.19 bits per heavy atom. The van der Waals surface area contributed by atoms with Crippen molar-refractivity contribution in [1.29, 1.82) is 0 Å². The van der Waals surface area contributed by atoms with Gasteiger partial charge in [-0.1, -0.05) is 0 Å². The second kappa shape index (κ2) is 6.87. The van der Waals surface area contributed by atoms with Gasteiger partial charge in [0.1, 0.15) is 11.7 Å². The molecule has 1 aliphatic carbocycles. The Morgan fingerprint density at radius 1 is 1.43 bits per heavy atom. The molecule has 1 N–H and O–H groups in total. The van der Waals surface area contributed by atoms with E-state index < -0.39 is 6.10 Å². The third kappa shape index (κ3) is 3.16. The molecule has 0 spiro atoms. The zero-order valence-electron chi connectivity index (χ0n) is 12.7. The van der Waals surface area contributed by atoms with E-state index in [1.54, 1.807) is 37.4 Å². The van der Waals surface area contributed by atoms with E-state index >= 15 is 0 Å². The summed E-state index contributed by atoms with van der Waals surface area (Å²) in [5.74, 6) is 0.0868. The van der Waals surface area contributed by atoms with Gasteiger partial charge in [0.15, 0.2) is 0 Å². The molecule has 0 bridgehead atoms. The van der Waals surface area contributed by atoms with Crippen LogP contribution in [0.3, 0.4) is 0 Å². The van der Waals surface area contributed by atoms with Crippen molar-refractivity contribution >= 4 is 5.91 Å². The maximum Gasteiger partial charge on any atom is 0.259 e. The van der Waals surface area contributed by atoms with Gasteiger partial charge in [-0.15, -0.1) is 0 Å². The predicted octanol–water partition coefficient (Wildman–Crippen LogP) is 1.09. The van der Waals surface area contributed by atoms with Crippen molar-refractivity contribution in [3.8, 4) is 5.88 Å². The number of aliphatic hydroxyl groups excluding tert-OH is 1. The van der Waals surface area contributed by atoms with Crippen LogP contribution in [0, 0.1) is 0 Å². The van der Waals surface area contributed by atoms with E-state index in [-0.39, 0.29) is 18.1 Å². The van der Waals surface area contributed by atoms with Crippen LogP contribution in [0.2, 0.25) is 0 Å². The smallest absolute Gasteiger partial charge is 0.259 e. The Labute approximate surface area is 124 Å². The van der Waals surface area contributed by atoms with Crippen molar-refractivity contribution in [2.45, 2.75) is 37.5 Å². The van der Waals surface area contributed by atoms with Crippen LogP contribution >= 0.6 is 0 Å². The third-order valence-electron chi connectivity index (χ3n) is 4.08. The number of carbonyl (C=O) groups excluding carboxylic acids is 1. The molecule has 0 saturated heterocycles. The topological polar surface area (TPSA) is 71.9 Å². The molecule has 1 aromatic heterocycles. The van der Waals surface area contributed by atoms with Crippen molar-refractivity contribution in [3.63, 3.8) is 0 Å². The van der Waals surface area contributed by atoms with Crippen molar-refractivity contribution in [1.82, 2.24) is 9.88 Å². The Hall–Kier alpha value is -1.66. The molecule has 6 nitrogen and oxygen atoms in total. The molecule has 1 saturated carbocycles. The fraction of sp³-hybridized carbons (Fsp3) is 0.600. The number of amides is 1. The molecule has 0 aromatic carbocycles. The second-order valence-corrected chi connectivity index (χ2v) is 5.24. The number of carbonyl (C=O) groups is 1. The van der Waals surface area contributed by atoms with Gasteiger partial charge >= 0.3 is 0 Å². The summed E-state index contributed by atoms with van der Waals surface area (Å²) in [5, 5.41) is 10.4. The predicted molar refractivity (Wildman–Crippen MR) is 77.3 cm³/mol. The number of aliphatic hydroxyl groups is 1. The van der Waals surface area contributed by atoms with Gasteiger partial charge in [0, 0.05) is 20.4 Å². The molecular formula is C15H22N2O4. The Bertz CT molecular complexity index is 494. The molecule has 1 amide bonds. The molecule has 2 rings (SSSR count). The minimum atomic E-state index is -0.680. The lowest BCUT2D eigenvalue weighted by atomic mass is 9.88. The molecular weight excluding hydrogens is 272 g/mol. The van der Waals surface area contributed by atoms with E-state index in [1.807, 2.05) is 0 Å². The summed E-state index contributed by atoms with van der Waals surface area (Å²) < 4.78 is 10.4. The largest absolute Gasteiger partial charge is 0.480 e. The number of hydrogen-bond donors (Lipinski definition) is 1. The van der Waals surface area contributed by atoms with E-state index in [2.05, 4.69) is 4.98 Å². The van der Waals surface area contributed by atoms with E-state index in [0.29, 0.717) is 11.4 Å². The van der Waals surface area contributed by atoms with Crippen LogP contribution in [0.15, 0.2) is 18.3 Å². The van der Waals surface area contributed by atoms with Crippen molar-refractivity contribution in [3.05, 3.63) is 23.9 Å². The molecule has 21 heavy (non-hydrogen) atoms. The molecule has 1 heterocycles. The van der Waals surface area contributed by atoms with Crippen molar-refractivity contribution in [2.24, 2.45) is 0 Å². The lowest BCUT2D eigenvalue weighted by Gasteiger charge is -2.39. The summed E-state index contributed by atoms with van der Waals surface area (Å²) in [5.41, 5.74) is 0.397. The summed E-state index contributed by atoms with van der Waals surface area (Å²) >= 11 is 0. The first-order valence-corrected chi connectivity index (χ1v) is 7.07. The summed E-state index contributed by atoms with van der Waals surface area (Å²) in [6, 6.07) is 3.10. The molecule has 3 atom stereocenters. The fourth-order valence-electron chi connectivity index (χ4n) is 2.85. The Morgan fingerprint density at radius 3 is 2.86 bits per heavy atom. The quantitative estimate of drug-likeness (QED) is 0.900. The number of nitrogens with zero attached hydrogens (tertiary/aromatic N) is 2. The van der Waals surface area contributed by atoms with Gasteiger partial charge < -0.3 is 19.5 Å². The number of pyridine rings is 1. The number of methoxy groups -OCH3 is 2. The standard InChI is InChI=1S/C15H22N2O4/c1-17(11-7-4-8-12(20-2)13(11)18)15(19)10-6-5-9-16-14(10)21-3/h5-6,9,11-13,18H,4,7-8H2,1-3H3/t11-,12-,13-/m1/s1. The summed E-state index contributed by atoms with van der Waals surface area (Å²) in [6.45, 7) is 0. The highest BCUT2D eigenvalue weighted by Crippen LogP contribution is 2.27. The molecule has 1 aromatic rings. The van der Waals surface area contributed by atoms with Gasteiger partial charge in [0.25, 0.3) is 5.91 Å². The zero-order valence-corrected chi connectivity index (χ0v) is 12.7. The lowest BCUT2D eigenvalue weighted by molar-refractivity contribution is -0.0714. The highest BCUT2D eigenvalue weighted by Gasteiger charge is 2.36. The average molecular weight is 294 g/mol. The molecule has 1 aliphatic rings. The van der Waals surface area contributed by atoms with Crippen LogP contribution in [0.5, 0.6) is 5.88 Å². The van der Waals surface area contributed by atoms with Crippen LogP contribution in [-0.2, 0) is 4.74 Å². The van der Waals surface area contributed by atoms with Gasteiger partial charge in [-0.25, -0.2) is 4.98 Å². The van der Waals surface area contributed by atoms with Crippen LogP contribution in [0.25, 0.3) is 0 Å². The Kier molecular flexibility index (Phi) is 5.14. The number of likely N-dealkylation sites (N-methyl/N-ethyl adjacent to an activating group) is 1. The highest BCUT2D eigenvalue weighted by molar-refractivity contribution is 5.96. The van der Waals surface area contributed by atoms with Crippen molar-refractivity contribution in [2.75, 3.05) is 21.3 Å². The summed E-state index contributed by atoms with van der Waals surface area (Å²) in [6.07, 6.45) is 3.15. The van der Waals surface area contributed by atoms with Crippen LogP contribution in [0.4, 0.5) is 0 Å². The zero-order chi connectivity index (χ0) is 15.4. The number of aromatic nitrogens is 1. The third-order valence-corrected chi connectivity index (χ3v) is 4.08. The van der Waals surface area contributed by atoms with Gasteiger partial charge in [-0.05, 0) is 31.4 Å². The first kappa shape index (κ1) is 15.7. The van der Waals surface area contributed by atoms with Crippen LogP contribution in [-0.4, -0.2) is 60.4 Å². The lowest BCUT2D eigenvalue weighted by Crippen LogP contribution is -2.52. The molecule has 0 unspecified atom stereocenters. The number of ether oxygens (including phenoxy) is 2. The van der Waals surface area contributed by atoms with E-state index in [0.717, 1.165) is 19.3 Å². The van der Waals surface area contributed by atoms with Crippen LogP contribution in [0.1, 0.15) is 29.6 Å². The van der Waals surface area contributed by atoms with Gasteiger partial charge in [-0.2, -0.15) is 0 Å². The number of rotatable bonds is 4. The van der Waals surface area contributed by atoms with Crippen molar-refractivity contribution < 1.29 is 19.4 Å². The minimum absolute atomic E-state index is 0.208. The fourth-order valence-corrected chi connectivity index (χ4v) is 2.85. The summed E-state index contributed by atoms with van der Waals surface area (Å²) in [4.78, 5) is 18.2. The molecule has 0 aliphatic heterocycles. The Balaban J connectivity index is 2.18. The molecule has 116 valence electrons. The van der Waals surface area contributed by atoms with Gasteiger partial charge in [0.2, 0.25) is 5.88 Å². The highest BCUT2D eigenvalue weighted by atomic mass is 16.5. The average Bonchev–Trinajstić information content (AvgIpc) is 2.53. The molecule has 1 fully saturated rings. The van der Waals surface area contributed by atoms with Gasteiger partial charge in [-0.3, -0.25) is 4.79 Å². The van der Waals surface area contributed by atoms with E-state index in [1.165, 1.54) is 7.11 Å². The van der Waals surface area contributed by atoms with Gasteiger partial charge in [0.05, 0.1) is 19.3 Å². The van der Waals surface area contributed by atoms with E-state index in [9.17, 15) is 9.90 Å². The van der Waals surface area contributed by atoms with Crippen LogP contribution < -0.4 is 4.74 Å².